The van der Waals surface area contributed by atoms with E-state index in [1.54, 1.807) is 17.8 Å². The summed E-state index contributed by atoms with van der Waals surface area (Å²) < 4.78 is 13.9. The average molecular weight is 253 g/mol. The van der Waals surface area contributed by atoms with E-state index in [0.29, 0.717) is 11.8 Å². The maximum Gasteiger partial charge on any atom is 0.137 e. The largest absolute Gasteiger partial charge is 0.330 e. The van der Waals surface area contributed by atoms with Crippen molar-refractivity contribution in [2.24, 2.45) is 5.73 Å². The standard InChI is InChI=1S/C14H20FNS/c15-13-10-11(8-9-16)6-7-14(13)17-12-4-2-1-3-5-12/h6-7,10,12H,1-5,8-9,16H2. The van der Waals surface area contributed by atoms with Gasteiger partial charge >= 0.3 is 0 Å². The molecule has 2 N–H and O–H groups in total. The highest BCUT2D eigenvalue weighted by Crippen LogP contribution is 2.34. The van der Waals surface area contributed by atoms with Crippen LogP contribution in [0.15, 0.2) is 23.1 Å². The highest BCUT2D eigenvalue weighted by atomic mass is 32.2. The number of benzene rings is 1. The van der Waals surface area contributed by atoms with Crippen LogP contribution in [-0.2, 0) is 6.42 Å². The summed E-state index contributed by atoms with van der Waals surface area (Å²) in [5.74, 6) is -0.0773. The lowest BCUT2D eigenvalue weighted by molar-refractivity contribution is 0.514. The van der Waals surface area contributed by atoms with Crippen molar-refractivity contribution in [1.29, 1.82) is 0 Å². The zero-order valence-electron chi connectivity index (χ0n) is 10.1. The Morgan fingerprint density at radius 1 is 1.24 bits per heavy atom. The molecule has 0 amide bonds. The molecule has 2 rings (SSSR count). The zero-order chi connectivity index (χ0) is 12.1. The summed E-state index contributed by atoms with van der Waals surface area (Å²) in [5.41, 5.74) is 6.47. The molecule has 17 heavy (non-hydrogen) atoms. The molecule has 1 aliphatic rings. The number of rotatable bonds is 4. The first-order chi connectivity index (χ1) is 8.29. The Labute approximate surface area is 107 Å². The number of thioether (sulfide) groups is 1. The van der Waals surface area contributed by atoms with Gasteiger partial charge in [0.2, 0.25) is 0 Å². The first kappa shape index (κ1) is 12.9. The molecule has 0 heterocycles. The lowest BCUT2D eigenvalue weighted by Gasteiger charge is -2.21. The third kappa shape index (κ3) is 3.71. The Balaban J connectivity index is 2.00. The Bertz CT molecular complexity index is 361. The van der Waals surface area contributed by atoms with E-state index in [9.17, 15) is 4.39 Å². The molecular weight excluding hydrogens is 233 g/mol. The van der Waals surface area contributed by atoms with Crippen molar-refractivity contribution < 1.29 is 4.39 Å². The van der Waals surface area contributed by atoms with Gasteiger partial charge in [-0.2, -0.15) is 0 Å². The SMILES string of the molecule is NCCc1ccc(SC2CCCCC2)c(F)c1. The zero-order valence-corrected chi connectivity index (χ0v) is 10.9. The molecule has 0 spiro atoms. The molecule has 1 aliphatic carbocycles. The maximum atomic E-state index is 13.9. The molecule has 1 fully saturated rings. The second-order valence-electron chi connectivity index (χ2n) is 4.68. The van der Waals surface area contributed by atoms with Gasteiger partial charge in [-0.15, -0.1) is 11.8 Å². The van der Waals surface area contributed by atoms with Crippen LogP contribution < -0.4 is 5.73 Å². The molecule has 0 bridgehead atoms. The number of hydrogen-bond donors (Lipinski definition) is 1. The quantitative estimate of drug-likeness (QED) is 0.884. The van der Waals surface area contributed by atoms with Gasteiger partial charge < -0.3 is 5.73 Å². The van der Waals surface area contributed by atoms with Crippen molar-refractivity contribution in [3.8, 4) is 0 Å². The number of hydrogen-bond acceptors (Lipinski definition) is 2. The first-order valence-corrected chi connectivity index (χ1v) is 7.32. The molecule has 0 aromatic heterocycles. The Kier molecular flexibility index (Phi) is 4.86. The fourth-order valence-corrected chi connectivity index (χ4v) is 3.57. The lowest BCUT2D eigenvalue weighted by Crippen LogP contribution is -2.08. The van der Waals surface area contributed by atoms with Crippen molar-refractivity contribution in [1.82, 2.24) is 0 Å². The van der Waals surface area contributed by atoms with Crippen molar-refractivity contribution in [2.75, 3.05) is 6.54 Å². The number of nitrogens with two attached hydrogens (primary N) is 1. The Morgan fingerprint density at radius 3 is 2.65 bits per heavy atom. The van der Waals surface area contributed by atoms with Gasteiger partial charge in [0.15, 0.2) is 0 Å². The molecule has 0 unspecified atom stereocenters. The molecule has 0 atom stereocenters. The van der Waals surface area contributed by atoms with E-state index in [2.05, 4.69) is 0 Å². The summed E-state index contributed by atoms with van der Waals surface area (Å²) in [7, 11) is 0. The third-order valence-corrected chi connectivity index (χ3v) is 4.66. The van der Waals surface area contributed by atoms with Crippen LogP contribution in [0.3, 0.4) is 0 Å². The molecule has 94 valence electrons. The second kappa shape index (κ2) is 6.41. The summed E-state index contributed by atoms with van der Waals surface area (Å²) >= 11 is 1.71. The Hall–Kier alpha value is -0.540. The van der Waals surface area contributed by atoms with Gasteiger partial charge in [0.25, 0.3) is 0 Å². The van der Waals surface area contributed by atoms with Gasteiger partial charge in [0, 0.05) is 10.1 Å². The first-order valence-electron chi connectivity index (χ1n) is 6.45. The van der Waals surface area contributed by atoms with Crippen LogP contribution in [0.2, 0.25) is 0 Å². The van der Waals surface area contributed by atoms with Crippen LogP contribution in [0.5, 0.6) is 0 Å². The highest BCUT2D eigenvalue weighted by molar-refractivity contribution is 8.00. The van der Waals surface area contributed by atoms with Crippen molar-refractivity contribution in [3.63, 3.8) is 0 Å². The molecule has 1 aromatic carbocycles. The average Bonchev–Trinajstić information content (AvgIpc) is 2.34. The Morgan fingerprint density at radius 2 is 2.00 bits per heavy atom. The fraction of sp³-hybridized carbons (Fsp3) is 0.571. The monoisotopic (exact) mass is 253 g/mol. The van der Waals surface area contributed by atoms with Gasteiger partial charge in [-0.25, -0.2) is 4.39 Å². The summed E-state index contributed by atoms with van der Waals surface area (Å²) in [5, 5.41) is 0.610. The molecule has 1 saturated carbocycles. The van der Waals surface area contributed by atoms with Crippen LogP contribution in [0.1, 0.15) is 37.7 Å². The van der Waals surface area contributed by atoms with Crippen LogP contribution in [0, 0.1) is 5.82 Å². The number of halogens is 1. The predicted molar refractivity (Wildman–Crippen MR) is 71.9 cm³/mol. The molecule has 3 heteroatoms. The van der Waals surface area contributed by atoms with Crippen LogP contribution in [0.4, 0.5) is 4.39 Å². The minimum absolute atomic E-state index is 0.0773. The molecule has 0 saturated heterocycles. The minimum Gasteiger partial charge on any atom is -0.330 e. The highest BCUT2D eigenvalue weighted by Gasteiger charge is 2.16. The van der Waals surface area contributed by atoms with Crippen LogP contribution >= 0.6 is 11.8 Å². The van der Waals surface area contributed by atoms with Gasteiger partial charge in [0.1, 0.15) is 5.82 Å². The summed E-state index contributed by atoms with van der Waals surface area (Å²) in [6, 6.07) is 5.55. The lowest BCUT2D eigenvalue weighted by atomic mass is 10.0. The smallest absolute Gasteiger partial charge is 0.137 e. The van der Waals surface area contributed by atoms with Gasteiger partial charge in [0.05, 0.1) is 0 Å². The normalized spacial score (nSPS) is 17.3. The fourth-order valence-electron chi connectivity index (χ4n) is 2.32. The molecular formula is C14H20FNS. The third-order valence-electron chi connectivity index (χ3n) is 3.28. The van der Waals surface area contributed by atoms with Crippen molar-refractivity contribution >= 4 is 11.8 Å². The van der Waals surface area contributed by atoms with Gasteiger partial charge in [-0.05, 0) is 43.5 Å². The van der Waals surface area contributed by atoms with E-state index in [0.717, 1.165) is 16.9 Å². The van der Waals surface area contributed by atoms with Gasteiger partial charge in [-0.3, -0.25) is 0 Å². The van der Waals surface area contributed by atoms with Crippen molar-refractivity contribution in [3.05, 3.63) is 29.6 Å². The minimum atomic E-state index is -0.0773. The summed E-state index contributed by atoms with van der Waals surface area (Å²) in [6.07, 6.45) is 7.15. The predicted octanol–water partition coefficient (Wildman–Crippen LogP) is 3.75. The summed E-state index contributed by atoms with van der Waals surface area (Å²) in [4.78, 5) is 0.803. The van der Waals surface area contributed by atoms with E-state index >= 15 is 0 Å². The second-order valence-corrected chi connectivity index (χ2v) is 6.02. The van der Waals surface area contributed by atoms with Gasteiger partial charge in [-0.1, -0.05) is 25.3 Å². The van der Waals surface area contributed by atoms with E-state index < -0.39 is 0 Å². The summed E-state index contributed by atoms with van der Waals surface area (Å²) in [6.45, 7) is 0.578. The van der Waals surface area contributed by atoms with Crippen LogP contribution in [0.25, 0.3) is 0 Å². The molecule has 0 aliphatic heterocycles. The van der Waals surface area contributed by atoms with E-state index in [1.807, 2.05) is 12.1 Å². The van der Waals surface area contributed by atoms with E-state index in [1.165, 1.54) is 32.1 Å². The van der Waals surface area contributed by atoms with E-state index in [-0.39, 0.29) is 5.82 Å². The van der Waals surface area contributed by atoms with E-state index in [4.69, 9.17) is 5.73 Å². The maximum absolute atomic E-state index is 13.9. The topological polar surface area (TPSA) is 26.0 Å². The molecule has 0 radical (unpaired) electrons. The van der Waals surface area contributed by atoms with Crippen molar-refractivity contribution in [2.45, 2.75) is 48.7 Å². The van der Waals surface area contributed by atoms with Crippen LogP contribution in [-0.4, -0.2) is 11.8 Å². The molecule has 1 aromatic rings. The molecule has 1 nitrogen and oxygen atoms in total.